The lowest BCUT2D eigenvalue weighted by molar-refractivity contribution is -0.150. The number of fused-ring (bicyclic) bond motifs is 1. The number of rotatable bonds is 7. The van der Waals surface area contributed by atoms with Gasteiger partial charge in [-0.15, -0.1) is 0 Å². The zero-order chi connectivity index (χ0) is 23.5. The third-order valence-corrected chi connectivity index (χ3v) is 5.05. The molecule has 1 aliphatic heterocycles. The average molecular weight is 460 g/mol. The van der Waals surface area contributed by atoms with Gasteiger partial charge in [0.15, 0.2) is 23.2 Å². The summed E-state index contributed by atoms with van der Waals surface area (Å²) in [7, 11) is 0. The van der Waals surface area contributed by atoms with Gasteiger partial charge in [-0.25, -0.2) is 4.98 Å². The molecule has 174 valence electrons. The minimum atomic E-state index is -1.44. The van der Waals surface area contributed by atoms with E-state index >= 15 is 0 Å². The number of halogens is 1. The number of hydrogen-bond donors (Lipinski definition) is 4. The predicted octanol–water partition coefficient (Wildman–Crippen LogP) is 0.129. The van der Waals surface area contributed by atoms with E-state index in [1.807, 2.05) is 6.07 Å². The van der Waals surface area contributed by atoms with E-state index in [1.54, 1.807) is 24.3 Å². The Bertz CT molecular complexity index is 1160. The second-order valence-corrected chi connectivity index (χ2v) is 7.35. The van der Waals surface area contributed by atoms with E-state index in [1.165, 1.54) is 10.9 Å². The molecule has 33 heavy (non-hydrogen) atoms. The fourth-order valence-electron chi connectivity index (χ4n) is 3.40. The van der Waals surface area contributed by atoms with Crippen LogP contribution in [0.4, 0.5) is 15.9 Å². The van der Waals surface area contributed by atoms with Crippen molar-refractivity contribution in [3.05, 3.63) is 42.7 Å². The molecule has 4 atom stereocenters. The highest BCUT2D eigenvalue weighted by molar-refractivity contribution is 5.92. The maximum absolute atomic E-state index is 13.6. The first kappa shape index (κ1) is 22.5. The number of aliphatic hydroxyl groups is 2. The third-order valence-electron chi connectivity index (χ3n) is 5.05. The quantitative estimate of drug-likeness (QED) is 0.280. The molecule has 1 aliphatic rings. The lowest BCUT2D eigenvalue weighted by Gasteiger charge is -2.16. The number of anilines is 2. The van der Waals surface area contributed by atoms with Gasteiger partial charge >= 0.3 is 12.0 Å². The topological polar surface area (TPSA) is 175 Å². The van der Waals surface area contributed by atoms with Gasteiger partial charge in [0.1, 0.15) is 24.9 Å². The number of esters is 1. The van der Waals surface area contributed by atoms with Crippen LogP contribution in [-0.2, 0) is 19.1 Å². The molecule has 5 N–H and O–H groups in total. The molecule has 1 saturated heterocycles. The minimum Gasteiger partial charge on any atom is -0.463 e. The largest absolute Gasteiger partial charge is 0.463 e. The van der Waals surface area contributed by atoms with Gasteiger partial charge in [-0.2, -0.15) is 14.4 Å². The number of aliphatic hydroxyl groups excluding tert-OH is 2. The van der Waals surface area contributed by atoms with Crippen molar-refractivity contribution in [1.82, 2.24) is 19.5 Å². The minimum absolute atomic E-state index is 0.0293. The molecule has 0 aliphatic carbocycles. The Labute approximate surface area is 186 Å². The van der Waals surface area contributed by atoms with Crippen LogP contribution in [0.2, 0.25) is 0 Å². The van der Waals surface area contributed by atoms with Crippen LogP contribution in [0, 0.1) is 6.08 Å². The number of hydrogen-bond acceptors (Lipinski definition) is 10. The first-order chi connectivity index (χ1) is 15.8. The summed E-state index contributed by atoms with van der Waals surface area (Å²) in [6.07, 6.45) is -5.26. The van der Waals surface area contributed by atoms with E-state index < -0.39 is 36.6 Å². The van der Waals surface area contributed by atoms with Crippen LogP contribution >= 0.6 is 0 Å². The van der Waals surface area contributed by atoms with Crippen LogP contribution in [0.1, 0.15) is 19.1 Å². The van der Waals surface area contributed by atoms with E-state index in [9.17, 15) is 24.2 Å². The standard InChI is InChI=1S/C20H21FN6O6/c21-20-25-17(22)14-18(26-20)27(9-23-14)19-16(31)15(30)11(33-19)8-32-13(29)7-6-12(28)24-10-4-2-1-3-5-10/h1-5,9,11,15-16,19,30-31H,6-8H2,(H,24,28)(H2,22,25,26)/t11-,15-,16-,19-/m1/s1. The molecule has 3 heterocycles. The van der Waals surface area contributed by atoms with Crippen molar-refractivity contribution >= 4 is 34.5 Å². The molecule has 12 nitrogen and oxygen atoms in total. The Hall–Kier alpha value is -3.68. The number of imidazole rings is 1. The van der Waals surface area contributed by atoms with Crippen LogP contribution in [0.3, 0.4) is 0 Å². The summed E-state index contributed by atoms with van der Waals surface area (Å²) in [6, 6.07) is 8.78. The fourth-order valence-corrected chi connectivity index (χ4v) is 3.40. The molecular formula is C20H21FN6O6. The highest BCUT2D eigenvalue weighted by Crippen LogP contribution is 2.32. The number of benzene rings is 1. The van der Waals surface area contributed by atoms with Gasteiger partial charge in [-0.05, 0) is 12.1 Å². The lowest BCUT2D eigenvalue weighted by atomic mass is 10.1. The monoisotopic (exact) mass is 460 g/mol. The number of carbonyl (C=O) groups is 2. The van der Waals surface area contributed by atoms with Gasteiger partial charge in [0.2, 0.25) is 5.91 Å². The summed E-state index contributed by atoms with van der Waals surface area (Å²) in [5.41, 5.74) is 6.31. The molecule has 3 aromatic rings. The Morgan fingerprint density at radius 1 is 1.18 bits per heavy atom. The molecule has 1 fully saturated rings. The summed E-state index contributed by atoms with van der Waals surface area (Å²) in [5.74, 6) is -1.22. The highest BCUT2D eigenvalue weighted by Gasteiger charge is 2.45. The molecule has 1 amide bonds. The summed E-state index contributed by atoms with van der Waals surface area (Å²) in [4.78, 5) is 34.9. The van der Waals surface area contributed by atoms with Crippen molar-refractivity contribution in [3.63, 3.8) is 0 Å². The zero-order valence-corrected chi connectivity index (χ0v) is 17.2. The zero-order valence-electron chi connectivity index (χ0n) is 17.2. The lowest BCUT2D eigenvalue weighted by Crippen LogP contribution is -2.34. The first-order valence-electron chi connectivity index (χ1n) is 10.0. The molecule has 4 rings (SSSR count). The van der Waals surface area contributed by atoms with E-state index in [0.717, 1.165) is 0 Å². The molecular weight excluding hydrogens is 439 g/mol. The van der Waals surface area contributed by atoms with Crippen molar-refractivity contribution in [2.24, 2.45) is 0 Å². The van der Waals surface area contributed by atoms with Crippen molar-refractivity contribution in [1.29, 1.82) is 0 Å². The SMILES string of the molecule is Nc1nc(F)nc2c1ncn2[C@@H]1O[C@H](COC(=O)CCC(=O)Nc2ccccc2)[C@@H](O)[C@H]1O. The number of nitrogens with two attached hydrogens (primary N) is 1. The molecule has 1 aromatic carbocycles. The summed E-state index contributed by atoms with van der Waals surface area (Å²) in [6.45, 7) is -0.369. The molecule has 0 bridgehead atoms. The number of nitrogens with zero attached hydrogens (tertiary/aromatic N) is 4. The van der Waals surface area contributed by atoms with E-state index in [0.29, 0.717) is 5.69 Å². The smallest absolute Gasteiger partial charge is 0.312 e. The van der Waals surface area contributed by atoms with Crippen LogP contribution < -0.4 is 11.1 Å². The maximum atomic E-state index is 13.6. The van der Waals surface area contributed by atoms with Crippen molar-refractivity contribution in [3.8, 4) is 0 Å². The molecule has 0 spiro atoms. The molecule has 0 radical (unpaired) electrons. The van der Waals surface area contributed by atoms with Gasteiger partial charge in [0, 0.05) is 12.1 Å². The number of nitrogens with one attached hydrogen (secondary N) is 1. The Kier molecular flexibility index (Phi) is 6.44. The predicted molar refractivity (Wildman–Crippen MR) is 111 cm³/mol. The highest BCUT2D eigenvalue weighted by atomic mass is 19.1. The fraction of sp³-hybridized carbons (Fsp3) is 0.350. The van der Waals surface area contributed by atoms with E-state index in [4.69, 9.17) is 15.2 Å². The van der Waals surface area contributed by atoms with Crippen LogP contribution in [0.25, 0.3) is 11.2 Å². The number of ether oxygens (including phenoxy) is 2. The van der Waals surface area contributed by atoms with E-state index in [-0.39, 0.29) is 42.3 Å². The van der Waals surface area contributed by atoms with Crippen molar-refractivity contribution in [2.45, 2.75) is 37.4 Å². The molecule has 0 saturated carbocycles. The van der Waals surface area contributed by atoms with Gasteiger partial charge in [0.05, 0.1) is 12.7 Å². The molecule has 2 aromatic heterocycles. The summed E-state index contributed by atoms with van der Waals surface area (Å²) >= 11 is 0. The van der Waals surface area contributed by atoms with Crippen LogP contribution in [0.5, 0.6) is 0 Å². The normalized spacial score (nSPS) is 22.4. The molecule has 13 heteroatoms. The number of carbonyl (C=O) groups excluding carboxylic acids is 2. The van der Waals surface area contributed by atoms with Crippen LogP contribution in [0.15, 0.2) is 36.7 Å². The summed E-state index contributed by atoms with van der Waals surface area (Å²) in [5, 5.41) is 23.4. The average Bonchev–Trinajstić information content (AvgIpc) is 3.33. The second-order valence-electron chi connectivity index (χ2n) is 7.35. The van der Waals surface area contributed by atoms with Gasteiger partial charge < -0.3 is 30.7 Å². The number of para-hydroxylation sites is 1. The van der Waals surface area contributed by atoms with E-state index in [2.05, 4.69) is 20.3 Å². The Morgan fingerprint density at radius 2 is 1.94 bits per heavy atom. The van der Waals surface area contributed by atoms with Crippen molar-refractivity contribution < 1.29 is 33.7 Å². The molecule has 0 unspecified atom stereocenters. The second kappa shape index (κ2) is 9.44. The van der Waals surface area contributed by atoms with Gasteiger partial charge in [-0.1, -0.05) is 18.2 Å². The van der Waals surface area contributed by atoms with Gasteiger partial charge in [0.25, 0.3) is 0 Å². The summed E-state index contributed by atoms with van der Waals surface area (Å²) < 4.78 is 25.5. The number of nitrogen functional groups attached to an aromatic ring is 1. The van der Waals surface area contributed by atoms with Crippen LogP contribution in [-0.4, -0.2) is 66.5 Å². The number of aromatic nitrogens is 4. The van der Waals surface area contributed by atoms with Gasteiger partial charge in [-0.3, -0.25) is 14.2 Å². The first-order valence-corrected chi connectivity index (χ1v) is 10.0. The maximum Gasteiger partial charge on any atom is 0.312 e. The van der Waals surface area contributed by atoms with Crippen molar-refractivity contribution in [2.75, 3.05) is 17.7 Å². The Morgan fingerprint density at radius 3 is 2.70 bits per heavy atom. The number of amides is 1. The third kappa shape index (κ3) is 4.89. The Balaban J connectivity index is 1.31.